The van der Waals surface area contributed by atoms with Crippen molar-refractivity contribution in [3.8, 4) is 0 Å². The molecule has 0 saturated heterocycles. The smallest absolute Gasteiger partial charge is 0.333 e. The summed E-state index contributed by atoms with van der Waals surface area (Å²) >= 11 is 0. The number of carboxylic acids is 3. The lowest BCUT2D eigenvalue weighted by atomic mass is 10.1. The highest BCUT2D eigenvalue weighted by Crippen LogP contribution is 2.11. The van der Waals surface area contributed by atoms with Crippen molar-refractivity contribution in [3.63, 3.8) is 0 Å². The van der Waals surface area contributed by atoms with E-state index in [1.165, 1.54) is 57.8 Å². The summed E-state index contributed by atoms with van der Waals surface area (Å²) in [6.07, 6.45) is 10.7. The maximum absolute atomic E-state index is 10.8. The zero-order valence-electron chi connectivity index (χ0n) is 17.6. The molecule has 0 aromatic heterocycles. The van der Waals surface area contributed by atoms with Crippen molar-refractivity contribution in [1.29, 1.82) is 0 Å². The third-order valence-electron chi connectivity index (χ3n) is 4.54. The number of carbonyl (C=O) groups is 3. The van der Waals surface area contributed by atoms with Crippen LogP contribution in [0.1, 0.15) is 84.5 Å². The molecule has 0 heterocycles. The van der Waals surface area contributed by atoms with Crippen LogP contribution in [-0.4, -0.2) is 69.0 Å². The number of nitrogens with zero attached hydrogens (tertiary/aromatic N) is 1. The Morgan fingerprint density at radius 1 is 0.786 bits per heavy atom. The fourth-order valence-electron chi connectivity index (χ4n) is 2.48. The summed E-state index contributed by atoms with van der Waals surface area (Å²) in [6, 6.07) is -0.362. The Hall–Kier alpha value is -1.67. The molecule has 8 nitrogen and oxygen atoms in total. The minimum absolute atomic E-state index is 0.362. The summed E-state index contributed by atoms with van der Waals surface area (Å²) < 4.78 is 0. The molecule has 8 heteroatoms. The molecule has 0 aliphatic carbocycles. The molecule has 2 atom stereocenters. The third-order valence-corrected chi connectivity index (χ3v) is 4.54. The molecule has 0 bridgehead atoms. The zero-order valence-corrected chi connectivity index (χ0v) is 17.6. The van der Waals surface area contributed by atoms with E-state index in [4.69, 9.17) is 20.4 Å². The van der Waals surface area contributed by atoms with Crippen LogP contribution >= 0.6 is 0 Å². The van der Waals surface area contributed by atoms with E-state index in [1.807, 2.05) is 11.9 Å². The van der Waals surface area contributed by atoms with E-state index in [0.717, 1.165) is 13.0 Å². The Balaban J connectivity index is 0. The molecule has 166 valence electrons. The monoisotopic (exact) mass is 405 g/mol. The first-order valence-corrected chi connectivity index (χ1v) is 10.2. The van der Waals surface area contributed by atoms with Crippen LogP contribution in [-0.2, 0) is 14.4 Å². The largest absolute Gasteiger partial charge is 0.481 e. The van der Waals surface area contributed by atoms with Gasteiger partial charge in [0, 0.05) is 0 Å². The highest BCUT2D eigenvalue weighted by molar-refractivity contribution is 5.79. The maximum atomic E-state index is 10.8. The van der Waals surface area contributed by atoms with Gasteiger partial charge in [-0.2, -0.15) is 0 Å². The van der Waals surface area contributed by atoms with Crippen LogP contribution in [0.5, 0.6) is 0 Å². The molecule has 0 aliphatic rings. The van der Waals surface area contributed by atoms with Crippen LogP contribution in [0.4, 0.5) is 0 Å². The van der Waals surface area contributed by atoms with Gasteiger partial charge in [0.1, 0.15) is 6.04 Å². The third kappa shape index (κ3) is 19.1. The van der Waals surface area contributed by atoms with Gasteiger partial charge >= 0.3 is 17.9 Å². The fourth-order valence-corrected chi connectivity index (χ4v) is 2.48. The van der Waals surface area contributed by atoms with E-state index < -0.39 is 30.4 Å². The van der Waals surface area contributed by atoms with Crippen LogP contribution < -0.4 is 0 Å². The van der Waals surface area contributed by atoms with Gasteiger partial charge in [-0.1, -0.05) is 64.7 Å². The second-order valence-corrected chi connectivity index (χ2v) is 7.13. The van der Waals surface area contributed by atoms with Crippen LogP contribution in [0.25, 0.3) is 0 Å². The van der Waals surface area contributed by atoms with Crippen LogP contribution in [0, 0.1) is 0 Å². The molecule has 0 radical (unpaired) electrons. The quantitative estimate of drug-likeness (QED) is 0.287. The van der Waals surface area contributed by atoms with Crippen molar-refractivity contribution in [1.82, 2.24) is 4.90 Å². The van der Waals surface area contributed by atoms with Crippen LogP contribution in [0.15, 0.2) is 0 Å². The van der Waals surface area contributed by atoms with Gasteiger partial charge in [0.05, 0.1) is 6.42 Å². The molecule has 28 heavy (non-hydrogen) atoms. The average Bonchev–Trinajstić information content (AvgIpc) is 2.62. The summed E-state index contributed by atoms with van der Waals surface area (Å²) in [7, 11) is 1.90. The van der Waals surface area contributed by atoms with Gasteiger partial charge in [0.15, 0.2) is 6.10 Å². The molecular formula is C20H39NO7. The fraction of sp³-hybridized carbons (Fsp3) is 0.850. The Morgan fingerprint density at radius 3 is 1.54 bits per heavy atom. The topological polar surface area (TPSA) is 135 Å². The molecule has 0 amide bonds. The number of aliphatic hydroxyl groups is 1. The van der Waals surface area contributed by atoms with Crippen molar-refractivity contribution >= 4 is 17.9 Å². The summed E-state index contributed by atoms with van der Waals surface area (Å²) in [5.41, 5.74) is 0. The van der Waals surface area contributed by atoms with Crippen LogP contribution in [0.2, 0.25) is 0 Å². The van der Waals surface area contributed by atoms with Crippen molar-refractivity contribution in [2.75, 3.05) is 13.6 Å². The van der Waals surface area contributed by atoms with Gasteiger partial charge in [-0.25, -0.2) is 4.79 Å². The van der Waals surface area contributed by atoms with Gasteiger partial charge in [-0.05, 0) is 26.9 Å². The van der Waals surface area contributed by atoms with E-state index in [9.17, 15) is 14.4 Å². The Labute approximate surface area is 168 Å². The molecule has 0 fully saturated rings. The number of aliphatic hydroxyl groups excluding tert-OH is 1. The maximum Gasteiger partial charge on any atom is 0.333 e. The predicted molar refractivity (Wildman–Crippen MR) is 107 cm³/mol. The van der Waals surface area contributed by atoms with Gasteiger partial charge in [-0.15, -0.1) is 0 Å². The molecule has 4 N–H and O–H groups in total. The molecule has 0 spiro atoms. The number of unbranched alkanes of at least 4 members (excludes halogenated alkanes) is 9. The van der Waals surface area contributed by atoms with E-state index in [0.29, 0.717) is 0 Å². The standard InChI is InChI=1S/C16H33NO2.C4H6O5/c1-4-5-6-7-8-9-10-11-12-13-14-17(3)15(2)16(18)19;5-2(4(8)9)1-3(6)7/h15H,4-14H2,1-3H3,(H,18,19);2,5H,1H2,(H,6,7)(H,8,9). The molecule has 0 aliphatic heterocycles. The number of hydrogen-bond acceptors (Lipinski definition) is 5. The molecule has 0 rings (SSSR count). The molecule has 0 aromatic rings. The number of likely N-dealkylation sites (N-methyl/N-ethyl adjacent to an activating group) is 1. The summed E-state index contributed by atoms with van der Waals surface area (Å²) in [4.78, 5) is 32.1. The van der Waals surface area contributed by atoms with Gasteiger partial charge in [0.25, 0.3) is 0 Å². The van der Waals surface area contributed by atoms with Crippen molar-refractivity contribution < 1.29 is 34.8 Å². The highest BCUT2D eigenvalue weighted by Gasteiger charge is 2.16. The van der Waals surface area contributed by atoms with E-state index in [1.54, 1.807) is 6.92 Å². The summed E-state index contributed by atoms with van der Waals surface area (Å²) in [6.45, 7) is 4.89. The zero-order chi connectivity index (χ0) is 21.9. The van der Waals surface area contributed by atoms with E-state index in [2.05, 4.69) is 6.92 Å². The number of carboxylic acid groups (broad SMARTS) is 3. The lowest BCUT2D eigenvalue weighted by Gasteiger charge is -2.20. The van der Waals surface area contributed by atoms with Crippen LogP contribution in [0.3, 0.4) is 0 Å². The number of aliphatic carboxylic acids is 3. The molecule has 0 aromatic carbocycles. The second kappa shape index (κ2) is 18.7. The number of rotatable bonds is 16. The first-order valence-electron chi connectivity index (χ1n) is 10.2. The minimum Gasteiger partial charge on any atom is -0.481 e. The molecule has 0 saturated carbocycles. The second-order valence-electron chi connectivity index (χ2n) is 7.13. The lowest BCUT2D eigenvalue weighted by molar-refractivity contribution is -0.152. The van der Waals surface area contributed by atoms with Crippen molar-refractivity contribution in [2.45, 2.75) is 96.6 Å². The molecule has 2 unspecified atom stereocenters. The summed E-state index contributed by atoms with van der Waals surface area (Å²) in [5.74, 6) is -3.57. The average molecular weight is 406 g/mol. The predicted octanol–water partition coefficient (Wildman–Crippen LogP) is 3.22. The van der Waals surface area contributed by atoms with Gasteiger partial charge in [0.2, 0.25) is 0 Å². The Kier molecular flexibility index (Phi) is 19.0. The Bertz CT molecular complexity index is 429. The SMILES string of the molecule is CCCCCCCCCCCCN(C)C(C)C(=O)O.O=C(O)CC(O)C(=O)O. The lowest BCUT2D eigenvalue weighted by Crippen LogP contribution is -2.36. The van der Waals surface area contributed by atoms with Gasteiger partial charge < -0.3 is 20.4 Å². The number of hydrogen-bond donors (Lipinski definition) is 4. The first-order chi connectivity index (χ1) is 13.1. The van der Waals surface area contributed by atoms with E-state index >= 15 is 0 Å². The van der Waals surface area contributed by atoms with E-state index in [-0.39, 0.29) is 6.04 Å². The normalized spacial score (nSPS) is 12.8. The highest BCUT2D eigenvalue weighted by atomic mass is 16.4. The van der Waals surface area contributed by atoms with Crippen molar-refractivity contribution in [3.05, 3.63) is 0 Å². The summed E-state index contributed by atoms with van der Waals surface area (Å²) in [5, 5.41) is 33.0. The minimum atomic E-state index is -1.79. The van der Waals surface area contributed by atoms with Gasteiger partial charge in [-0.3, -0.25) is 14.5 Å². The molecular weight excluding hydrogens is 366 g/mol. The first kappa shape index (κ1) is 28.5. The van der Waals surface area contributed by atoms with Crippen molar-refractivity contribution in [2.24, 2.45) is 0 Å². The Morgan fingerprint density at radius 2 is 1.21 bits per heavy atom.